The third kappa shape index (κ3) is 6.68. The molecule has 4 rings (SSSR count). The summed E-state index contributed by atoms with van der Waals surface area (Å²) in [5.74, 6) is 0.0449. The molecule has 2 N–H and O–H groups in total. The monoisotopic (exact) mass is 572 g/mol. The summed E-state index contributed by atoms with van der Waals surface area (Å²) in [5.41, 5.74) is 0.400. The lowest BCUT2D eigenvalue weighted by Crippen LogP contribution is -2.67. The fourth-order valence-electron chi connectivity index (χ4n) is 5.32. The first kappa shape index (κ1) is 29.6. The van der Waals surface area contributed by atoms with Gasteiger partial charge in [0.25, 0.3) is 8.32 Å². The molecule has 2 amide bonds. The minimum absolute atomic E-state index is 0.0449. The van der Waals surface area contributed by atoms with E-state index >= 15 is 0 Å². The third-order valence-electron chi connectivity index (χ3n) is 7.12. The minimum atomic E-state index is -4.44. The molecule has 1 fully saturated rings. The van der Waals surface area contributed by atoms with E-state index in [9.17, 15) is 23.1 Å². The van der Waals surface area contributed by atoms with Gasteiger partial charge in [0.2, 0.25) is 0 Å². The number of amides is 2. The molecule has 1 aliphatic rings. The largest absolute Gasteiger partial charge is 0.484 e. The first-order valence-corrected chi connectivity index (χ1v) is 15.1. The molecule has 2 unspecified atom stereocenters. The van der Waals surface area contributed by atoms with E-state index in [-0.39, 0.29) is 30.0 Å². The van der Waals surface area contributed by atoms with E-state index in [1.807, 2.05) is 36.4 Å². The van der Waals surface area contributed by atoms with Crippen LogP contribution in [-0.4, -0.2) is 62.4 Å². The second kappa shape index (κ2) is 12.0. The number of nitrogens with zero attached hydrogens (tertiary/aromatic N) is 1. The van der Waals surface area contributed by atoms with Crippen LogP contribution in [0.2, 0.25) is 5.04 Å². The van der Waals surface area contributed by atoms with Crippen LogP contribution in [0.5, 0.6) is 5.75 Å². The van der Waals surface area contributed by atoms with Gasteiger partial charge in [-0.3, -0.25) is 0 Å². The highest BCUT2D eigenvalue weighted by Gasteiger charge is 2.53. The van der Waals surface area contributed by atoms with Gasteiger partial charge in [-0.05, 0) is 46.1 Å². The number of aliphatic hydroxyl groups is 1. The summed E-state index contributed by atoms with van der Waals surface area (Å²) < 4.78 is 49.1. The second-order valence-electron chi connectivity index (χ2n) is 11.0. The number of ether oxygens (including phenoxy) is 1. The molecule has 10 heteroatoms. The zero-order valence-electron chi connectivity index (χ0n) is 22.8. The Morgan fingerprint density at radius 1 is 0.950 bits per heavy atom. The first-order valence-electron chi connectivity index (χ1n) is 13.2. The lowest BCUT2D eigenvalue weighted by molar-refractivity contribution is -0.153. The smallest absolute Gasteiger partial charge is 0.422 e. The molecule has 0 aromatic heterocycles. The van der Waals surface area contributed by atoms with E-state index < -0.39 is 33.2 Å². The van der Waals surface area contributed by atoms with Gasteiger partial charge in [0.1, 0.15) is 5.75 Å². The SMILES string of the molecule is CC(C)(C)[Si](OC1CC(CO)N(C(=O)Nc2ccc(OCC(F)(F)F)cc2)C1)(c1ccccc1)c1ccccc1. The van der Waals surface area contributed by atoms with Crippen LogP contribution in [-0.2, 0) is 4.43 Å². The molecule has 3 aromatic rings. The summed E-state index contributed by atoms with van der Waals surface area (Å²) in [7, 11) is -2.86. The van der Waals surface area contributed by atoms with E-state index in [4.69, 9.17) is 9.16 Å². The average Bonchev–Trinajstić information content (AvgIpc) is 3.34. The number of rotatable bonds is 8. The van der Waals surface area contributed by atoms with Crippen LogP contribution in [0.3, 0.4) is 0 Å². The highest BCUT2D eigenvalue weighted by Crippen LogP contribution is 2.39. The number of aliphatic hydroxyl groups excluding tert-OH is 1. The van der Waals surface area contributed by atoms with Gasteiger partial charge in [-0.1, -0.05) is 81.4 Å². The van der Waals surface area contributed by atoms with Crippen LogP contribution in [0, 0.1) is 0 Å². The molecular weight excluding hydrogens is 537 g/mol. The van der Waals surface area contributed by atoms with Crippen molar-refractivity contribution in [3.63, 3.8) is 0 Å². The molecule has 0 saturated carbocycles. The number of carbonyl (C=O) groups excluding carboxylic acids is 1. The Hall–Kier alpha value is -3.34. The van der Waals surface area contributed by atoms with E-state index in [1.165, 1.54) is 24.3 Å². The van der Waals surface area contributed by atoms with Crippen molar-refractivity contribution in [3.8, 4) is 5.75 Å². The van der Waals surface area contributed by atoms with Crippen LogP contribution < -0.4 is 20.4 Å². The topological polar surface area (TPSA) is 71.0 Å². The number of halogens is 3. The van der Waals surface area contributed by atoms with Gasteiger partial charge in [-0.25, -0.2) is 4.79 Å². The Morgan fingerprint density at radius 2 is 1.50 bits per heavy atom. The number of nitrogens with one attached hydrogen (secondary N) is 1. The van der Waals surface area contributed by atoms with Crippen molar-refractivity contribution in [2.45, 2.75) is 50.6 Å². The summed E-state index contributed by atoms with van der Waals surface area (Å²) in [6.07, 6.45) is -4.28. The zero-order valence-corrected chi connectivity index (χ0v) is 23.8. The van der Waals surface area contributed by atoms with E-state index in [0.29, 0.717) is 12.1 Å². The van der Waals surface area contributed by atoms with Gasteiger partial charge >= 0.3 is 12.2 Å². The third-order valence-corrected chi connectivity index (χ3v) is 12.2. The number of carbonyl (C=O) groups is 1. The van der Waals surface area contributed by atoms with Crippen LogP contribution in [0.15, 0.2) is 84.9 Å². The number of benzene rings is 3. The maximum atomic E-state index is 13.3. The molecule has 1 saturated heterocycles. The molecule has 6 nitrogen and oxygen atoms in total. The number of anilines is 1. The number of hydrogen-bond acceptors (Lipinski definition) is 4. The maximum absolute atomic E-state index is 13.3. The molecule has 0 spiro atoms. The number of urea groups is 1. The van der Waals surface area contributed by atoms with Crippen molar-refractivity contribution >= 4 is 30.4 Å². The van der Waals surface area contributed by atoms with Crippen LogP contribution in [0.25, 0.3) is 0 Å². The van der Waals surface area contributed by atoms with Crippen molar-refractivity contribution in [2.75, 3.05) is 25.1 Å². The molecule has 0 radical (unpaired) electrons. The molecule has 1 heterocycles. The second-order valence-corrected chi connectivity index (χ2v) is 15.2. The standard InChI is InChI=1S/C30H35F3N2O4Si/c1-29(2,3)40(26-10-6-4-7-11-26,27-12-8-5-9-13-27)39-25-18-23(20-36)35(19-25)28(37)34-22-14-16-24(17-15-22)38-21-30(31,32)33/h4-17,23,25,36H,18-21H2,1-3H3,(H,34,37). The summed E-state index contributed by atoms with van der Waals surface area (Å²) in [5, 5.41) is 14.9. The molecule has 0 aliphatic carbocycles. The molecule has 214 valence electrons. The van der Waals surface area contributed by atoms with Crippen LogP contribution in [0.1, 0.15) is 27.2 Å². The molecule has 40 heavy (non-hydrogen) atoms. The van der Waals surface area contributed by atoms with Gasteiger partial charge in [0, 0.05) is 12.2 Å². The normalized spacial score (nSPS) is 18.0. The Morgan fingerprint density at radius 3 is 1.98 bits per heavy atom. The average molecular weight is 573 g/mol. The van der Waals surface area contributed by atoms with Crippen LogP contribution in [0.4, 0.5) is 23.7 Å². The molecular formula is C30H35F3N2O4Si. The van der Waals surface area contributed by atoms with Gasteiger partial charge in [-0.2, -0.15) is 13.2 Å². The fourth-order valence-corrected chi connectivity index (χ4v) is 10.0. The van der Waals surface area contributed by atoms with Crippen molar-refractivity contribution in [2.24, 2.45) is 0 Å². The first-order chi connectivity index (χ1) is 18.9. The predicted molar refractivity (Wildman–Crippen MR) is 152 cm³/mol. The van der Waals surface area contributed by atoms with Crippen molar-refractivity contribution in [1.82, 2.24) is 4.90 Å². The molecule has 1 aliphatic heterocycles. The zero-order chi connectivity index (χ0) is 29.0. The highest BCUT2D eigenvalue weighted by molar-refractivity contribution is 6.99. The van der Waals surface area contributed by atoms with Gasteiger partial charge < -0.3 is 24.5 Å². The van der Waals surface area contributed by atoms with Crippen molar-refractivity contribution in [3.05, 3.63) is 84.9 Å². The number of alkyl halides is 3. The van der Waals surface area contributed by atoms with Crippen LogP contribution >= 0.6 is 0 Å². The number of hydrogen-bond donors (Lipinski definition) is 2. The summed E-state index contributed by atoms with van der Waals surface area (Å²) in [6, 6.07) is 25.3. The Kier molecular flexibility index (Phi) is 8.92. The van der Waals surface area contributed by atoms with Crippen molar-refractivity contribution in [1.29, 1.82) is 0 Å². The Balaban J connectivity index is 1.54. The maximum Gasteiger partial charge on any atom is 0.422 e. The highest BCUT2D eigenvalue weighted by atomic mass is 28.4. The lowest BCUT2D eigenvalue weighted by atomic mass is 10.2. The van der Waals surface area contributed by atoms with E-state index in [1.54, 1.807) is 4.90 Å². The van der Waals surface area contributed by atoms with Gasteiger partial charge in [0.05, 0.1) is 18.8 Å². The Labute approximate surface area is 233 Å². The lowest BCUT2D eigenvalue weighted by Gasteiger charge is -2.44. The molecule has 2 atom stereocenters. The van der Waals surface area contributed by atoms with Crippen molar-refractivity contribution < 1.29 is 32.2 Å². The molecule has 0 bridgehead atoms. The summed E-state index contributed by atoms with van der Waals surface area (Å²) in [4.78, 5) is 14.8. The van der Waals surface area contributed by atoms with Gasteiger partial charge in [-0.15, -0.1) is 0 Å². The number of likely N-dealkylation sites (tertiary alicyclic amines) is 1. The van der Waals surface area contributed by atoms with E-state index in [0.717, 1.165) is 10.4 Å². The fraction of sp³-hybridized carbons (Fsp3) is 0.367. The van der Waals surface area contributed by atoms with E-state index in [2.05, 4.69) is 50.4 Å². The van der Waals surface area contributed by atoms with Gasteiger partial charge in [0.15, 0.2) is 6.61 Å². The molecule has 3 aromatic carbocycles. The predicted octanol–water partition coefficient (Wildman–Crippen LogP) is 5.17. The summed E-state index contributed by atoms with van der Waals surface area (Å²) in [6.45, 7) is 5.22. The summed E-state index contributed by atoms with van der Waals surface area (Å²) >= 11 is 0. The Bertz CT molecular complexity index is 1210. The minimum Gasteiger partial charge on any atom is -0.484 e. The quantitative estimate of drug-likeness (QED) is 0.366.